The average molecular weight is 321 g/mol. The Morgan fingerprint density at radius 3 is 2.38 bits per heavy atom. The molecular weight excluding hydrogens is 298 g/mol. The topological polar surface area (TPSA) is 46.1 Å². The quantitative estimate of drug-likeness (QED) is 0.809. The van der Waals surface area contributed by atoms with Gasteiger partial charge in [0.1, 0.15) is 6.33 Å². The fourth-order valence-electron chi connectivity index (χ4n) is 4.41. The summed E-state index contributed by atoms with van der Waals surface area (Å²) in [5, 5.41) is 0. The van der Waals surface area contributed by atoms with Crippen LogP contribution in [0.25, 0.3) is 0 Å². The van der Waals surface area contributed by atoms with E-state index in [1.165, 1.54) is 31.2 Å². The van der Waals surface area contributed by atoms with Crippen LogP contribution in [-0.2, 0) is 6.54 Å². The number of aromatic nitrogens is 2. The number of benzene rings is 1. The molecule has 124 valence electrons. The van der Waals surface area contributed by atoms with E-state index >= 15 is 0 Å². The molecule has 4 heteroatoms. The SMILES string of the molecule is O=C(c1cncnc1)C1CC2CCCC(C1)N2Cc1ccccc1. The molecule has 0 saturated carbocycles. The van der Waals surface area contributed by atoms with Crippen molar-refractivity contribution in [2.75, 3.05) is 0 Å². The van der Waals surface area contributed by atoms with E-state index in [9.17, 15) is 4.79 Å². The number of carbonyl (C=O) groups excluding carboxylic acids is 1. The zero-order valence-electron chi connectivity index (χ0n) is 13.8. The summed E-state index contributed by atoms with van der Waals surface area (Å²) in [5.74, 6) is 0.352. The molecule has 0 N–H and O–H groups in total. The van der Waals surface area contributed by atoms with Crippen molar-refractivity contribution in [3.8, 4) is 0 Å². The minimum atomic E-state index is 0.123. The second-order valence-electron chi connectivity index (χ2n) is 7.06. The summed E-state index contributed by atoms with van der Waals surface area (Å²) in [6.45, 7) is 1.01. The van der Waals surface area contributed by atoms with Gasteiger partial charge in [0.25, 0.3) is 0 Å². The molecule has 0 radical (unpaired) electrons. The van der Waals surface area contributed by atoms with Crippen LogP contribution in [0.3, 0.4) is 0 Å². The lowest BCUT2D eigenvalue weighted by atomic mass is 9.75. The number of piperidine rings is 2. The van der Waals surface area contributed by atoms with Gasteiger partial charge in [-0.05, 0) is 31.2 Å². The zero-order valence-corrected chi connectivity index (χ0v) is 13.8. The first-order chi connectivity index (χ1) is 11.8. The van der Waals surface area contributed by atoms with Crippen molar-refractivity contribution in [3.05, 3.63) is 60.2 Å². The summed E-state index contributed by atoms with van der Waals surface area (Å²) in [5.41, 5.74) is 2.03. The molecule has 0 spiro atoms. The maximum Gasteiger partial charge on any atom is 0.169 e. The van der Waals surface area contributed by atoms with Gasteiger partial charge >= 0.3 is 0 Å². The fourth-order valence-corrected chi connectivity index (χ4v) is 4.41. The van der Waals surface area contributed by atoms with E-state index in [1.807, 2.05) is 0 Å². The van der Waals surface area contributed by atoms with Gasteiger partial charge < -0.3 is 0 Å². The largest absolute Gasteiger partial charge is 0.294 e. The molecule has 0 amide bonds. The van der Waals surface area contributed by atoms with Gasteiger partial charge in [-0.15, -0.1) is 0 Å². The number of fused-ring (bicyclic) bond motifs is 2. The van der Waals surface area contributed by atoms with Gasteiger partial charge in [0.15, 0.2) is 5.78 Å². The van der Waals surface area contributed by atoms with Crippen LogP contribution in [0.5, 0.6) is 0 Å². The maximum atomic E-state index is 12.8. The zero-order chi connectivity index (χ0) is 16.4. The van der Waals surface area contributed by atoms with Crippen molar-refractivity contribution in [3.63, 3.8) is 0 Å². The number of hydrogen-bond acceptors (Lipinski definition) is 4. The molecule has 1 aromatic carbocycles. The van der Waals surface area contributed by atoms with E-state index in [1.54, 1.807) is 12.4 Å². The third-order valence-electron chi connectivity index (χ3n) is 5.55. The third-order valence-corrected chi connectivity index (χ3v) is 5.55. The van der Waals surface area contributed by atoms with Crippen LogP contribution in [0.15, 0.2) is 49.1 Å². The number of Topliss-reactive ketones (excluding diaryl/α,β-unsaturated/α-hetero) is 1. The standard InChI is InChI=1S/C20H23N3O/c24-20(17-11-21-14-22-12-17)16-9-18-7-4-8-19(10-16)23(18)13-15-5-2-1-3-6-15/h1-3,5-6,11-12,14,16,18-19H,4,7-10,13H2. The van der Waals surface area contributed by atoms with E-state index in [4.69, 9.17) is 0 Å². The van der Waals surface area contributed by atoms with E-state index in [0.717, 1.165) is 19.4 Å². The van der Waals surface area contributed by atoms with Crippen LogP contribution in [0.2, 0.25) is 0 Å². The van der Waals surface area contributed by atoms with Gasteiger partial charge in [-0.25, -0.2) is 9.97 Å². The maximum absolute atomic E-state index is 12.8. The molecule has 4 nitrogen and oxygen atoms in total. The van der Waals surface area contributed by atoms with Crippen LogP contribution in [0, 0.1) is 5.92 Å². The van der Waals surface area contributed by atoms with Crippen molar-refractivity contribution in [1.82, 2.24) is 14.9 Å². The van der Waals surface area contributed by atoms with Crippen molar-refractivity contribution in [1.29, 1.82) is 0 Å². The Balaban J connectivity index is 1.49. The van der Waals surface area contributed by atoms with Gasteiger partial charge in [-0.2, -0.15) is 0 Å². The highest BCUT2D eigenvalue weighted by molar-refractivity contribution is 5.97. The summed E-state index contributed by atoms with van der Waals surface area (Å²) in [4.78, 5) is 23.4. The molecule has 0 aliphatic carbocycles. The molecular formula is C20H23N3O. The first-order valence-electron chi connectivity index (χ1n) is 8.90. The molecule has 2 saturated heterocycles. The first kappa shape index (κ1) is 15.5. The molecule has 2 aliphatic rings. The Labute approximate surface area is 142 Å². The Bertz CT molecular complexity index is 675. The van der Waals surface area contributed by atoms with E-state index in [2.05, 4.69) is 45.2 Å². The summed E-state index contributed by atoms with van der Waals surface area (Å²) >= 11 is 0. The molecule has 2 fully saturated rings. The smallest absolute Gasteiger partial charge is 0.169 e. The Morgan fingerprint density at radius 1 is 1.04 bits per heavy atom. The molecule has 2 atom stereocenters. The second-order valence-corrected chi connectivity index (χ2v) is 7.06. The Kier molecular flexibility index (Phi) is 4.39. The molecule has 2 bridgehead atoms. The predicted molar refractivity (Wildman–Crippen MR) is 92.5 cm³/mol. The molecule has 1 aromatic heterocycles. The Morgan fingerprint density at radius 2 is 1.71 bits per heavy atom. The number of nitrogens with zero attached hydrogens (tertiary/aromatic N) is 3. The first-order valence-corrected chi connectivity index (χ1v) is 8.90. The lowest BCUT2D eigenvalue weighted by Gasteiger charge is -2.48. The lowest BCUT2D eigenvalue weighted by Crippen LogP contribution is -2.52. The van der Waals surface area contributed by atoms with Gasteiger partial charge in [-0.1, -0.05) is 36.8 Å². The number of hydrogen-bond donors (Lipinski definition) is 0. The van der Waals surface area contributed by atoms with E-state index < -0.39 is 0 Å². The number of carbonyl (C=O) groups is 1. The highest BCUT2D eigenvalue weighted by atomic mass is 16.1. The molecule has 24 heavy (non-hydrogen) atoms. The molecule has 3 heterocycles. The number of rotatable bonds is 4. The van der Waals surface area contributed by atoms with Crippen molar-refractivity contribution in [2.45, 2.75) is 50.7 Å². The molecule has 2 aliphatic heterocycles. The molecule has 2 unspecified atom stereocenters. The van der Waals surface area contributed by atoms with Crippen molar-refractivity contribution < 1.29 is 4.79 Å². The second kappa shape index (κ2) is 6.81. The van der Waals surface area contributed by atoms with Gasteiger partial charge in [0, 0.05) is 36.9 Å². The van der Waals surface area contributed by atoms with Crippen LogP contribution >= 0.6 is 0 Å². The lowest BCUT2D eigenvalue weighted by molar-refractivity contribution is 0.00904. The summed E-state index contributed by atoms with van der Waals surface area (Å²) < 4.78 is 0. The fraction of sp³-hybridized carbons (Fsp3) is 0.450. The molecule has 4 rings (SSSR count). The highest BCUT2D eigenvalue weighted by Crippen LogP contribution is 2.39. The minimum Gasteiger partial charge on any atom is -0.294 e. The van der Waals surface area contributed by atoms with Crippen molar-refractivity contribution in [2.24, 2.45) is 5.92 Å². The summed E-state index contributed by atoms with van der Waals surface area (Å²) in [6, 6.07) is 11.7. The van der Waals surface area contributed by atoms with Gasteiger partial charge in [0.2, 0.25) is 0 Å². The minimum absolute atomic E-state index is 0.123. The monoisotopic (exact) mass is 321 g/mol. The normalized spacial score (nSPS) is 26.9. The van der Waals surface area contributed by atoms with Crippen LogP contribution in [0.1, 0.15) is 48.0 Å². The molecule has 2 aromatic rings. The summed E-state index contributed by atoms with van der Waals surface area (Å²) in [7, 11) is 0. The van der Waals surface area contributed by atoms with Crippen LogP contribution in [-0.4, -0.2) is 32.7 Å². The van der Waals surface area contributed by atoms with Gasteiger partial charge in [0.05, 0.1) is 5.56 Å². The average Bonchev–Trinajstić information content (AvgIpc) is 2.62. The van der Waals surface area contributed by atoms with Crippen molar-refractivity contribution >= 4 is 5.78 Å². The van der Waals surface area contributed by atoms with Gasteiger partial charge in [-0.3, -0.25) is 9.69 Å². The predicted octanol–water partition coefficient (Wildman–Crippen LogP) is 3.49. The summed E-state index contributed by atoms with van der Waals surface area (Å²) in [6.07, 6.45) is 10.4. The van der Waals surface area contributed by atoms with E-state index in [0.29, 0.717) is 17.6 Å². The Hall–Kier alpha value is -2.07. The number of ketones is 1. The van der Waals surface area contributed by atoms with Crippen LogP contribution < -0.4 is 0 Å². The van der Waals surface area contributed by atoms with Crippen LogP contribution in [0.4, 0.5) is 0 Å². The van der Waals surface area contributed by atoms with E-state index in [-0.39, 0.29) is 11.7 Å². The third kappa shape index (κ3) is 3.11. The highest BCUT2D eigenvalue weighted by Gasteiger charge is 2.40.